The van der Waals surface area contributed by atoms with Crippen molar-refractivity contribution < 1.29 is 13.2 Å². The second-order valence-electron chi connectivity index (χ2n) is 4.99. The summed E-state index contributed by atoms with van der Waals surface area (Å²) in [6.07, 6.45) is -0.932. The fourth-order valence-electron chi connectivity index (χ4n) is 2.41. The first-order valence-corrected chi connectivity index (χ1v) is 6.49. The van der Waals surface area contributed by atoms with Crippen molar-refractivity contribution in [1.29, 1.82) is 0 Å². The summed E-state index contributed by atoms with van der Waals surface area (Å²) in [5, 5.41) is 0. The van der Waals surface area contributed by atoms with Gasteiger partial charge in [0.25, 0.3) is 0 Å². The number of alkyl halides is 3. The highest BCUT2D eigenvalue weighted by Gasteiger charge is 2.40. The molecule has 2 N–H and O–H groups in total. The smallest absolute Gasteiger partial charge is 0.343 e. The summed E-state index contributed by atoms with van der Waals surface area (Å²) in [7, 11) is 0. The van der Waals surface area contributed by atoms with E-state index >= 15 is 0 Å². The van der Waals surface area contributed by atoms with E-state index in [2.05, 4.69) is 4.98 Å². The highest BCUT2D eigenvalue weighted by atomic mass is 19.4. The maximum absolute atomic E-state index is 12.8. The van der Waals surface area contributed by atoms with Crippen LogP contribution in [-0.2, 0) is 6.54 Å². The number of halogens is 3. The van der Waals surface area contributed by atoms with Crippen molar-refractivity contribution in [3.8, 4) is 0 Å². The van der Waals surface area contributed by atoms with E-state index in [-0.39, 0.29) is 12.6 Å². The average molecular weight is 284 g/mol. The summed E-state index contributed by atoms with van der Waals surface area (Å²) in [6, 6.07) is 5.30. The quantitative estimate of drug-likeness (QED) is 0.937. The Morgan fingerprint density at radius 3 is 2.70 bits per heavy atom. The topological polar surface area (TPSA) is 46.6 Å². The number of rotatable bonds is 4. The Balaban J connectivity index is 2.06. The van der Waals surface area contributed by atoms with E-state index in [4.69, 9.17) is 5.73 Å². The number of anilines is 1. The van der Waals surface area contributed by atoms with Gasteiger partial charge in [-0.05, 0) is 25.0 Å². The second-order valence-corrected chi connectivity index (χ2v) is 4.99. The molecule has 1 fully saturated rings. The molecule has 0 saturated heterocycles. The fourth-order valence-corrected chi connectivity index (χ4v) is 2.41. The number of nitrogens with zero attached hydrogens (tertiary/aromatic N) is 3. The van der Waals surface area contributed by atoms with Crippen molar-refractivity contribution in [2.75, 3.05) is 11.4 Å². The molecule has 0 unspecified atom stereocenters. The largest absolute Gasteiger partial charge is 0.405 e. The molecule has 3 rings (SSSR count). The lowest BCUT2D eigenvalue weighted by Gasteiger charge is -2.24. The van der Waals surface area contributed by atoms with Crippen LogP contribution in [0.5, 0.6) is 0 Å². The van der Waals surface area contributed by atoms with Crippen LogP contribution >= 0.6 is 0 Å². The number of hydrogen-bond donors (Lipinski definition) is 1. The number of aromatic nitrogens is 2. The van der Waals surface area contributed by atoms with E-state index in [1.165, 1.54) is 4.90 Å². The molecule has 0 radical (unpaired) electrons. The van der Waals surface area contributed by atoms with Gasteiger partial charge in [0, 0.05) is 18.8 Å². The van der Waals surface area contributed by atoms with Crippen LogP contribution in [0.2, 0.25) is 0 Å². The van der Waals surface area contributed by atoms with Crippen molar-refractivity contribution in [2.24, 2.45) is 5.73 Å². The van der Waals surface area contributed by atoms with E-state index in [1.807, 2.05) is 6.07 Å². The Morgan fingerprint density at radius 2 is 2.10 bits per heavy atom. The van der Waals surface area contributed by atoms with Gasteiger partial charge in [-0.1, -0.05) is 6.07 Å². The Labute approximate surface area is 114 Å². The number of hydrogen-bond acceptors (Lipinski definition) is 3. The first-order chi connectivity index (χ1) is 9.49. The molecule has 0 aliphatic heterocycles. The molecule has 2 heterocycles. The third-order valence-electron chi connectivity index (χ3n) is 3.41. The molecule has 7 heteroatoms. The molecule has 1 saturated carbocycles. The number of fused-ring (bicyclic) bond motifs is 1. The monoisotopic (exact) mass is 284 g/mol. The SMILES string of the molecule is NCc1c(N(CC(F)(F)F)C2CC2)nc2ccccn12. The van der Waals surface area contributed by atoms with Gasteiger partial charge < -0.3 is 15.0 Å². The van der Waals surface area contributed by atoms with Crippen molar-refractivity contribution in [3.63, 3.8) is 0 Å². The summed E-state index contributed by atoms with van der Waals surface area (Å²) >= 11 is 0. The molecule has 108 valence electrons. The molecule has 1 aliphatic carbocycles. The van der Waals surface area contributed by atoms with Gasteiger partial charge in [-0.2, -0.15) is 13.2 Å². The van der Waals surface area contributed by atoms with E-state index in [0.29, 0.717) is 17.2 Å². The summed E-state index contributed by atoms with van der Waals surface area (Å²) in [4.78, 5) is 5.68. The molecule has 0 spiro atoms. The van der Waals surface area contributed by atoms with Crippen molar-refractivity contribution in [2.45, 2.75) is 31.6 Å². The van der Waals surface area contributed by atoms with Crippen molar-refractivity contribution in [1.82, 2.24) is 9.38 Å². The van der Waals surface area contributed by atoms with Crippen molar-refractivity contribution >= 4 is 11.5 Å². The maximum atomic E-state index is 12.8. The van der Waals surface area contributed by atoms with Crippen molar-refractivity contribution in [3.05, 3.63) is 30.1 Å². The Kier molecular flexibility index (Phi) is 3.08. The zero-order valence-electron chi connectivity index (χ0n) is 10.8. The molecule has 2 aromatic rings. The van der Waals surface area contributed by atoms with Gasteiger partial charge in [-0.25, -0.2) is 4.98 Å². The molecule has 20 heavy (non-hydrogen) atoms. The molecular formula is C13H15F3N4. The summed E-state index contributed by atoms with van der Waals surface area (Å²) in [6.45, 7) is -0.823. The summed E-state index contributed by atoms with van der Waals surface area (Å²) < 4.78 is 40.0. The number of imidazole rings is 1. The standard InChI is InChI=1S/C13H15F3N4/c14-13(15,16)8-20(9-4-5-9)12-10(7-17)19-6-2-1-3-11(19)18-12/h1-3,6,9H,4-5,7-8,17H2. The van der Waals surface area contributed by atoms with E-state index in [0.717, 1.165) is 12.8 Å². The minimum Gasteiger partial charge on any atom is -0.343 e. The minimum absolute atomic E-state index is 0.0770. The summed E-state index contributed by atoms with van der Waals surface area (Å²) in [5.74, 6) is 0.360. The lowest BCUT2D eigenvalue weighted by Crippen LogP contribution is -2.37. The molecule has 2 aromatic heterocycles. The van der Waals surface area contributed by atoms with Crippen LogP contribution in [0, 0.1) is 0 Å². The molecule has 0 aromatic carbocycles. The van der Waals surface area contributed by atoms with Crippen LogP contribution in [0.4, 0.5) is 19.0 Å². The van der Waals surface area contributed by atoms with Gasteiger partial charge in [-0.3, -0.25) is 0 Å². The van der Waals surface area contributed by atoms with Gasteiger partial charge in [0.1, 0.15) is 12.2 Å². The van der Waals surface area contributed by atoms with E-state index < -0.39 is 12.7 Å². The van der Waals surface area contributed by atoms with Gasteiger partial charge in [0.2, 0.25) is 0 Å². The first kappa shape index (κ1) is 13.2. The lowest BCUT2D eigenvalue weighted by atomic mass is 10.3. The number of nitrogens with two attached hydrogens (primary N) is 1. The maximum Gasteiger partial charge on any atom is 0.405 e. The zero-order chi connectivity index (χ0) is 14.3. The molecule has 0 atom stereocenters. The molecule has 0 amide bonds. The third kappa shape index (κ3) is 2.45. The van der Waals surface area contributed by atoms with Gasteiger partial charge >= 0.3 is 6.18 Å². The van der Waals surface area contributed by atoms with E-state index in [1.54, 1.807) is 22.7 Å². The predicted molar refractivity (Wildman–Crippen MR) is 69.5 cm³/mol. The van der Waals surface area contributed by atoms with Crippen LogP contribution in [0.1, 0.15) is 18.5 Å². The van der Waals surface area contributed by atoms with Crippen LogP contribution < -0.4 is 10.6 Å². The molecule has 0 bridgehead atoms. The van der Waals surface area contributed by atoms with Gasteiger partial charge in [0.15, 0.2) is 5.82 Å². The highest BCUT2D eigenvalue weighted by molar-refractivity contribution is 5.57. The molecule has 4 nitrogen and oxygen atoms in total. The molecular weight excluding hydrogens is 269 g/mol. The Morgan fingerprint density at radius 1 is 1.35 bits per heavy atom. The van der Waals surface area contributed by atoms with Crippen LogP contribution in [0.3, 0.4) is 0 Å². The van der Waals surface area contributed by atoms with Crippen LogP contribution in [0.25, 0.3) is 5.65 Å². The predicted octanol–water partition coefficient (Wildman–Crippen LogP) is 2.32. The van der Waals surface area contributed by atoms with Gasteiger partial charge in [-0.15, -0.1) is 0 Å². The fraction of sp³-hybridized carbons (Fsp3) is 0.462. The highest BCUT2D eigenvalue weighted by Crippen LogP contribution is 2.35. The van der Waals surface area contributed by atoms with Crippen LogP contribution in [0.15, 0.2) is 24.4 Å². The Hall–Kier alpha value is -1.76. The summed E-state index contributed by atoms with van der Waals surface area (Å²) in [5.41, 5.74) is 6.96. The Bertz CT molecular complexity index is 616. The number of pyridine rings is 1. The zero-order valence-corrected chi connectivity index (χ0v) is 10.8. The molecule has 1 aliphatic rings. The van der Waals surface area contributed by atoms with E-state index in [9.17, 15) is 13.2 Å². The lowest BCUT2D eigenvalue weighted by molar-refractivity contribution is -0.120. The van der Waals surface area contributed by atoms with Gasteiger partial charge in [0.05, 0.1) is 5.69 Å². The average Bonchev–Trinajstić information content (AvgIpc) is 3.15. The third-order valence-corrected chi connectivity index (χ3v) is 3.41. The minimum atomic E-state index is -4.25. The second kappa shape index (κ2) is 4.66. The van der Waals surface area contributed by atoms with Crippen LogP contribution in [-0.4, -0.2) is 28.1 Å². The first-order valence-electron chi connectivity index (χ1n) is 6.49. The normalized spacial score (nSPS) is 15.8.